The van der Waals surface area contributed by atoms with Crippen molar-refractivity contribution in [2.24, 2.45) is 0 Å². The molecular formula is C29H35FN4O4S. The van der Waals surface area contributed by atoms with Crippen molar-refractivity contribution in [2.45, 2.75) is 56.9 Å². The summed E-state index contributed by atoms with van der Waals surface area (Å²) in [5, 5.41) is 8.23. The summed E-state index contributed by atoms with van der Waals surface area (Å²) in [4.78, 5) is 25.7. The van der Waals surface area contributed by atoms with E-state index < -0.39 is 22.1 Å². The molecule has 10 heteroatoms. The van der Waals surface area contributed by atoms with Crippen molar-refractivity contribution in [2.75, 3.05) is 16.6 Å². The van der Waals surface area contributed by atoms with Crippen molar-refractivity contribution in [1.29, 1.82) is 0 Å². The lowest BCUT2D eigenvalue weighted by atomic mass is 10.1. The number of unbranched alkanes of at least 4 members (excludes halogenated alkanes) is 3. The lowest BCUT2D eigenvalue weighted by Crippen LogP contribution is -2.49. The summed E-state index contributed by atoms with van der Waals surface area (Å²) in [5.41, 5.74) is 2.39. The molecule has 0 aliphatic rings. The fraction of sp³-hybridized carbons (Fsp3) is 0.310. The van der Waals surface area contributed by atoms with Crippen LogP contribution in [0.3, 0.4) is 0 Å². The van der Waals surface area contributed by atoms with Gasteiger partial charge in [-0.15, -0.1) is 0 Å². The molecule has 0 heterocycles. The third kappa shape index (κ3) is 9.72. The van der Waals surface area contributed by atoms with Crippen molar-refractivity contribution >= 4 is 33.3 Å². The normalized spacial score (nSPS) is 11.9. The molecule has 0 aliphatic heterocycles. The smallest absolute Gasteiger partial charge is 0.319 e. The molecule has 0 bridgehead atoms. The molecule has 1 atom stereocenters. The van der Waals surface area contributed by atoms with Gasteiger partial charge < -0.3 is 16.0 Å². The Morgan fingerprint density at radius 1 is 0.846 bits per heavy atom. The molecule has 39 heavy (non-hydrogen) atoms. The Bertz CT molecular complexity index is 1330. The Hall–Kier alpha value is -3.92. The van der Waals surface area contributed by atoms with E-state index in [1.807, 2.05) is 6.92 Å². The molecule has 0 aliphatic carbocycles. The van der Waals surface area contributed by atoms with Crippen molar-refractivity contribution in [3.05, 3.63) is 89.7 Å². The van der Waals surface area contributed by atoms with E-state index in [1.54, 1.807) is 36.4 Å². The van der Waals surface area contributed by atoms with E-state index in [4.69, 9.17) is 0 Å². The van der Waals surface area contributed by atoms with E-state index in [2.05, 4.69) is 27.6 Å². The van der Waals surface area contributed by atoms with Gasteiger partial charge in [0, 0.05) is 24.3 Å². The highest BCUT2D eigenvalue weighted by Crippen LogP contribution is 2.19. The fourth-order valence-corrected chi connectivity index (χ4v) is 4.89. The summed E-state index contributed by atoms with van der Waals surface area (Å²) in [7, 11) is -3.75. The van der Waals surface area contributed by atoms with Crippen LogP contribution >= 0.6 is 0 Å². The molecule has 0 saturated carbocycles. The second kappa shape index (κ2) is 14.3. The molecule has 3 aromatic rings. The Kier molecular flexibility index (Phi) is 10.9. The van der Waals surface area contributed by atoms with Gasteiger partial charge in [0.2, 0.25) is 5.91 Å². The number of benzene rings is 3. The Morgan fingerprint density at radius 3 is 2.13 bits per heavy atom. The number of carbonyl (C=O) groups is 2. The van der Waals surface area contributed by atoms with Crippen LogP contribution in [-0.2, 0) is 21.2 Å². The third-order valence-electron chi connectivity index (χ3n) is 6.03. The molecule has 208 valence electrons. The maximum Gasteiger partial charge on any atom is 0.319 e. The number of amides is 3. The summed E-state index contributed by atoms with van der Waals surface area (Å²) in [5.74, 6) is -0.710. The zero-order valence-electron chi connectivity index (χ0n) is 22.2. The molecule has 3 rings (SSSR count). The van der Waals surface area contributed by atoms with Gasteiger partial charge in [0.05, 0.1) is 4.90 Å². The minimum atomic E-state index is -3.75. The number of halogens is 1. The fourth-order valence-electron chi connectivity index (χ4n) is 3.83. The number of sulfonamides is 1. The van der Waals surface area contributed by atoms with Crippen LogP contribution in [0.2, 0.25) is 0 Å². The Balaban J connectivity index is 1.61. The van der Waals surface area contributed by atoms with Crippen molar-refractivity contribution in [3.63, 3.8) is 0 Å². The van der Waals surface area contributed by atoms with E-state index in [0.29, 0.717) is 23.5 Å². The second-order valence-electron chi connectivity index (χ2n) is 9.33. The maximum atomic E-state index is 13.3. The predicted molar refractivity (Wildman–Crippen MR) is 152 cm³/mol. The Labute approximate surface area is 229 Å². The van der Waals surface area contributed by atoms with Gasteiger partial charge in [-0.05, 0) is 67.4 Å². The number of aryl methyl sites for hydroxylation is 1. The van der Waals surface area contributed by atoms with E-state index in [9.17, 15) is 22.4 Å². The molecule has 0 spiro atoms. The second-order valence-corrected chi connectivity index (χ2v) is 11.0. The van der Waals surface area contributed by atoms with Crippen LogP contribution in [0, 0.1) is 12.7 Å². The first-order chi connectivity index (χ1) is 18.7. The first-order valence-electron chi connectivity index (χ1n) is 13.0. The van der Waals surface area contributed by atoms with Crippen LogP contribution in [0.4, 0.5) is 20.6 Å². The van der Waals surface area contributed by atoms with Crippen LogP contribution in [0.25, 0.3) is 0 Å². The van der Waals surface area contributed by atoms with Crippen LogP contribution in [0.15, 0.2) is 77.7 Å². The van der Waals surface area contributed by atoms with Crippen molar-refractivity contribution in [3.8, 4) is 0 Å². The summed E-state index contributed by atoms with van der Waals surface area (Å²) in [6.07, 6.45) is 4.21. The molecule has 0 radical (unpaired) electrons. The average Bonchev–Trinajstić information content (AvgIpc) is 2.90. The minimum absolute atomic E-state index is 0.144. The highest BCUT2D eigenvalue weighted by molar-refractivity contribution is 7.92. The summed E-state index contributed by atoms with van der Waals surface area (Å²) >= 11 is 0. The van der Waals surface area contributed by atoms with Gasteiger partial charge in [0.1, 0.15) is 11.9 Å². The van der Waals surface area contributed by atoms with Gasteiger partial charge in [-0.3, -0.25) is 9.52 Å². The van der Waals surface area contributed by atoms with Crippen LogP contribution < -0.4 is 20.7 Å². The van der Waals surface area contributed by atoms with E-state index in [-0.39, 0.29) is 23.0 Å². The van der Waals surface area contributed by atoms with Gasteiger partial charge in [0.25, 0.3) is 10.0 Å². The van der Waals surface area contributed by atoms with Gasteiger partial charge >= 0.3 is 6.03 Å². The number of rotatable bonds is 13. The first-order valence-corrected chi connectivity index (χ1v) is 14.4. The number of carbonyl (C=O) groups excluding carboxylic acids is 2. The molecule has 0 saturated heterocycles. The summed E-state index contributed by atoms with van der Waals surface area (Å²) in [6.45, 7) is 4.48. The molecule has 0 unspecified atom stereocenters. The van der Waals surface area contributed by atoms with Crippen LogP contribution in [0.1, 0.15) is 43.7 Å². The van der Waals surface area contributed by atoms with Crippen LogP contribution in [-0.4, -0.2) is 32.9 Å². The molecule has 3 amide bonds. The third-order valence-corrected chi connectivity index (χ3v) is 7.43. The van der Waals surface area contributed by atoms with Crippen LogP contribution in [0.5, 0.6) is 0 Å². The molecule has 0 aromatic heterocycles. The summed E-state index contributed by atoms with van der Waals surface area (Å²) < 4.78 is 41.0. The van der Waals surface area contributed by atoms with Gasteiger partial charge in [-0.1, -0.05) is 56.0 Å². The highest BCUT2D eigenvalue weighted by atomic mass is 32.2. The average molecular weight is 555 g/mol. The first kappa shape index (κ1) is 29.6. The quantitative estimate of drug-likeness (QED) is 0.213. The zero-order chi connectivity index (χ0) is 28.3. The molecular weight excluding hydrogens is 519 g/mol. The zero-order valence-corrected chi connectivity index (χ0v) is 23.0. The number of hydrogen-bond donors (Lipinski definition) is 4. The summed E-state index contributed by atoms with van der Waals surface area (Å²) in [6, 6.07) is 17.0. The van der Waals surface area contributed by atoms with E-state index in [1.165, 1.54) is 36.4 Å². The van der Waals surface area contributed by atoms with Crippen molar-refractivity contribution < 1.29 is 22.4 Å². The lowest BCUT2D eigenvalue weighted by molar-refractivity contribution is -0.122. The lowest BCUT2D eigenvalue weighted by Gasteiger charge is -2.19. The molecule has 4 N–H and O–H groups in total. The standard InChI is InChI=1S/C29H35FN4O4S/c1-3-4-5-6-19-31-28(35)27(20-22-9-11-23(30)12-10-22)33-29(36)32-24-13-15-25(16-14-24)34-39(37,38)26-17-7-21(2)8-18-26/h7-18,27,34H,3-6,19-20H2,1-2H3,(H,31,35)(H2,32,33,36)/t27-/m1/s1. The SMILES string of the molecule is CCCCCCNC(=O)[C@@H](Cc1ccc(F)cc1)NC(=O)Nc1ccc(NS(=O)(=O)c2ccc(C)cc2)cc1. The minimum Gasteiger partial charge on any atom is -0.354 e. The largest absolute Gasteiger partial charge is 0.354 e. The number of anilines is 2. The van der Waals surface area contributed by atoms with E-state index >= 15 is 0 Å². The topological polar surface area (TPSA) is 116 Å². The predicted octanol–water partition coefficient (Wildman–Crippen LogP) is 5.36. The van der Waals surface area contributed by atoms with Gasteiger partial charge in [-0.2, -0.15) is 0 Å². The van der Waals surface area contributed by atoms with E-state index in [0.717, 1.165) is 31.2 Å². The number of nitrogens with one attached hydrogen (secondary N) is 4. The Morgan fingerprint density at radius 2 is 1.49 bits per heavy atom. The molecule has 0 fully saturated rings. The molecule has 3 aromatic carbocycles. The molecule has 8 nitrogen and oxygen atoms in total. The maximum absolute atomic E-state index is 13.3. The highest BCUT2D eigenvalue weighted by Gasteiger charge is 2.21. The van der Waals surface area contributed by atoms with Crippen molar-refractivity contribution in [1.82, 2.24) is 10.6 Å². The monoisotopic (exact) mass is 554 g/mol. The number of urea groups is 1. The van der Waals surface area contributed by atoms with Gasteiger partial charge in [-0.25, -0.2) is 17.6 Å². The van der Waals surface area contributed by atoms with Gasteiger partial charge in [0.15, 0.2) is 0 Å². The number of hydrogen-bond acceptors (Lipinski definition) is 4.